The summed E-state index contributed by atoms with van der Waals surface area (Å²) in [4.78, 5) is 13.5. The van der Waals surface area contributed by atoms with Crippen molar-refractivity contribution in [3.63, 3.8) is 0 Å². The van der Waals surface area contributed by atoms with Gasteiger partial charge in [-0.25, -0.2) is 0 Å². The van der Waals surface area contributed by atoms with Gasteiger partial charge in [0.1, 0.15) is 11.5 Å². The van der Waals surface area contributed by atoms with E-state index in [1.54, 1.807) is 6.20 Å². The summed E-state index contributed by atoms with van der Waals surface area (Å²) < 4.78 is 0. The molecule has 0 saturated heterocycles. The molecule has 5 nitrogen and oxygen atoms in total. The Morgan fingerprint density at radius 2 is 2.00 bits per heavy atom. The molecule has 1 unspecified atom stereocenters. The Balaban J connectivity index is 1.48. The normalized spacial score (nSPS) is 15.8. The van der Waals surface area contributed by atoms with Crippen molar-refractivity contribution < 1.29 is 5.32 Å². The van der Waals surface area contributed by atoms with Crippen molar-refractivity contribution >= 4 is 34.3 Å². The number of rotatable bonds is 3. The number of fused-ring (bicyclic) bond motifs is 2. The second kappa shape index (κ2) is 6.98. The maximum absolute atomic E-state index is 8.34. The van der Waals surface area contributed by atoms with Crippen LogP contribution in [-0.4, -0.2) is 21.6 Å². The van der Waals surface area contributed by atoms with E-state index < -0.39 is 0 Å². The fourth-order valence-electron chi connectivity index (χ4n) is 3.01. The number of nitrogens with zero attached hydrogens (tertiary/aromatic N) is 3. The SMILES string of the molecule is CC(Cc1ccc2ccccc2n1)C(=N)N=C1C=Cc2ncccc2[NH2+]1. The van der Waals surface area contributed by atoms with Gasteiger partial charge in [0.15, 0.2) is 5.69 Å². The Labute approximate surface area is 152 Å². The number of nitrogens with two attached hydrogens (primary N) is 1. The minimum atomic E-state index is -0.00624. The van der Waals surface area contributed by atoms with Crippen LogP contribution in [0.2, 0.25) is 0 Å². The summed E-state index contributed by atoms with van der Waals surface area (Å²) in [6.07, 6.45) is 6.32. The zero-order chi connectivity index (χ0) is 17.9. The molecule has 0 radical (unpaired) electrons. The van der Waals surface area contributed by atoms with Crippen molar-refractivity contribution in [2.24, 2.45) is 10.9 Å². The average Bonchev–Trinajstić information content (AvgIpc) is 2.67. The minimum Gasteiger partial charge on any atom is -0.286 e. The van der Waals surface area contributed by atoms with Crippen LogP contribution in [0.1, 0.15) is 18.3 Å². The minimum absolute atomic E-state index is 0.00624. The number of aromatic nitrogens is 2. The summed E-state index contributed by atoms with van der Waals surface area (Å²) in [5.41, 5.74) is 3.94. The molecule has 0 saturated carbocycles. The van der Waals surface area contributed by atoms with Gasteiger partial charge in [0.05, 0.1) is 5.52 Å². The van der Waals surface area contributed by atoms with Crippen molar-refractivity contribution in [1.29, 1.82) is 5.41 Å². The molecule has 3 N–H and O–H groups in total. The van der Waals surface area contributed by atoms with Crippen molar-refractivity contribution in [1.82, 2.24) is 9.97 Å². The van der Waals surface area contributed by atoms with Crippen LogP contribution in [0.4, 0.5) is 5.69 Å². The first-order valence-corrected chi connectivity index (χ1v) is 8.69. The molecule has 4 rings (SSSR count). The van der Waals surface area contributed by atoms with E-state index in [4.69, 9.17) is 10.4 Å². The highest BCUT2D eigenvalue weighted by atomic mass is 15.0. The third kappa shape index (κ3) is 3.43. The van der Waals surface area contributed by atoms with Crippen LogP contribution in [0.25, 0.3) is 17.0 Å². The van der Waals surface area contributed by atoms with E-state index in [1.165, 1.54) is 0 Å². The van der Waals surface area contributed by atoms with Crippen molar-refractivity contribution in [3.05, 3.63) is 72.2 Å². The van der Waals surface area contributed by atoms with Crippen LogP contribution in [0.5, 0.6) is 0 Å². The molecule has 0 bridgehead atoms. The van der Waals surface area contributed by atoms with Crippen LogP contribution in [-0.2, 0) is 6.42 Å². The number of hydrogen-bond donors (Lipinski definition) is 2. The number of benzene rings is 1. The van der Waals surface area contributed by atoms with Gasteiger partial charge in [0.2, 0.25) is 5.84 Å². The molecule has 3 heterocycles. The molecular formula is C21H20N5+. The topological polar surface area (TPSA) is 78.6 Å². The molecule has 1 aromatic carbocycles. The zero-order valence-electron chi connectivity index (χ0n) is 14.6. The number of para-hydroxylation sites is 1. The molecule has 26 heavy (non-hydrogen) atoms. The van der Waals surface area contributed by atoms with Gasteiger partial charge in [-0.05, 0) is 30.7 Å². The van der Waals surface area contributed by atoms with Crippen LogP contribution in [0.15, 0.2) is 65.8 Å². The maximum atomic E-state index is 8.34. The van der Waals surface area contributed by atoms with E-state index >= 15 is 0 Å². The van der Waals surface area contributed by atoms with E-state index in [0.29, 0.717) is 12.3 Å². The third-order valence-electron chi connectivity index (χ3n) is 4.47. The predicted molar refractivity (Wildman–Crippen MR) is 105 cm³/mol. The second-order valence-electron chi connectivity index (χ2n) is 6.48. The van der Waals surface area contributed by atoms with E-state index in [1.807, 2.05) is 60.8 Å². The fraction of sp³-hybridized carbons (Fsp3) is 0.143. The maximum Gasteiger partial charge on any atom is 0.231 e. The molecule has 0 amide bonds. The molecular weight excluding hydrogens is 322 g/mol. The summed E-state index contributed by atoms with van der Waals surface area (Å²) in [5.74, 6) is 1.14. The van der Waals surface area contributed by atoms with Crippen LogP contribution < -0.4 is 5.32 Å². The number of quaternary nitrogens is 1. The molecule has 128 valence electrons. The Hall–Kier alpha value is -3.18. The first-order chi connectivity index (χ1) is 12.7. The lowest BCUT2D eigenvalue weighted by molar-refractivity contribution is -0.443. The van der Waals surface area contributed by atoms with Gasteiger partial charge in [-0.2, -0.15) is 4.99 Å². The number of pyridine rings is 2. The van der Waals surface area contributed by atoms with E-state index in [9.17, 15) is 0 Å². The second-order valence-corrected chi connectivity index (χ2v) is 6.48. The van der Waals surface area contributed by atoms with Crippen molar-refractivity contribution in [3.8, 4) is 0 Å². The molecule has 2 aromatic heterocycles. The molecule has 5 heteroatoms. The zero-order valence-corrected chi connectivity index (χ0v) is 14.6. The monoisotopic (exact) mass is 342 g/mol. The first kappa shape index (κ1) is 16.3. The lowest BCUT2D eigenvalue weighted by atomic mass is 10.0. The molecule has 1 aliphatic rings. The third-order valence-corrected chi connectivity index (χ3v) is 4.47. The van der Waals surface area contributed by atoms with Gasteiger partial charge in [-0.15, -0.1) is 0 Å². The molecule has 0 aliphatic carbocycles. The van der Waals surface area contributed by atoms with Crippen molar-refractivity contribution in [2.75, 3.05) is 0 Å². The summed E-state index contributed by atoms with van der Waals surface area (Å²) >= 11 is 0. The standard InChI is InChI=1S/C21H19N5/c1-14(13-16-9-8-15-5-2-3-6-17(15)24-16)21(22)26-20-11-10-18-19(25-20)7-4-12-23-18/h2-12,14H,13H2,1H3,(H2,22,25,26)/p+1. The Morgan fingerprint density at radius 3 is 2.92 bits per heavy atom. The van der Waals surface area contributed by atoms with Gasteiger partial charge in [-0.1, -0.05) is 31.2 Å². The molecule has 0 fully saturated rings. The van der Waals surface area contributed by atoms with Crippen LogP contribution in [0.3, 0.4) is 0 Å². The number of aliphatic imine (C=N–C) groups is 1. The molecule has 0 spiro atoms. The van der Waals surface area contributed by atoms with Gasteiger partial charge >= 0.3 is 0 Å². The summed E-state index contributed by atoms with van der Waals surface area (Å²) in [5, 5.41) is 11.4. The highest BCUT2D eigenvalue weighted by Gasteiger charge is 2.17. The molecule has 1 aliphatic heterocycles. The van der Waals surface area contributed by atoms with Crippen molar-refractivity contribution in [2.45, 2.75) is 13.3 Å². The van der Waals surface area contributed by atoms with Gasteiger partial charge in [-0.3, -0.25) is 20.7 Å². The summed E-state index contributed by atoms with van der Waals surface area (Å²) in [6, 6.07) is 16.1. The van der Waals surface area contributed by atoms with E-state index in [0.717, 1.165) is 33.8 Å². The van der Waals surface area contributed by atoms with Crippen LogP contribution >= 0.6 is 0 Å². The quantitative estimate of drug-likeness (QED) is 0.567. The van der Waals surface area contributed by atoms with Gasteiger partial charge in [0, 0.05) is 35.3 Å². The number of nitrogens with one attached hydrogen (secondary N) is 1. The Morgan fingerprint density at radius 1 is 1.12 bits per heavy atom. The van der Waals surface area contributed by atoms with E-state index in [2.05, 4.69) is 22.1 Å². The average molecular weight is 342 g/mol. The highest BCUT2D eigenvalue weighted by molar-refractivity contribution is 6.01. The highest BCUT2D eigenvalue weighted by Crippen LogP contribution is 2.15. The predicted octanol–water partition coefficient (Wildman–Crippen LogP) is 3.11. The lowest BCUT2D eigenvalue weighted by Gasteiger charge is -2.12. The smallest absolute Gasteiger partial charge is 0.231 e. The van der Waals surface area contributed by atoms with Crippen LogP contribution in [0, 0.1) is 11.3 Å². The molecule has 3 aromatic rings. The summed E-state index contributed by atoms with van der Waals surface area (Å²) in [7, 11) is 0. The van der Waals surface area contributed by atoms with Gasteiger partial charge in [0.25, 0.3) is 0 Å². The Kier molecular flexibility index (Phi) is 4.37. The number of hydrogen-bond acceptors (Lipinski definition) is 3. The molecule has 1 atom stereocenters. The van der Waals surface area contributed by atoms with Gasteiger partial charge < -0.3 is 0 Å². The first-order valence-electron chi connectivity index (χ1n) is 8.69. The lowest BCUT2D eigenvalue weighted by Crippen LogP contribution is -2.83. The largest absolute Gasteiger partial charge is 0.286 e. The number of amidine groups is 2. The Bertz CT molecular complexity index is 1040. The van der Waals surface area contributed by atoms with E-state index in [-0.39, 0.29) is 5.92 Å². The summed E-state index contributed by atoms with van der Waals surface area (Å²) in [6.45, 7) is 2.02. The fourth-order valence-corrected chi connectivity index (χ4v) is 3.01.